The molecule has 2 rings (SSSR count). The number of aliphatic hydroxyl groups excluding tert-OH is 1. The maximum atomic E-state index is 12.1. The molecule has 2 fully saturated rings. The third-order valence-electron chi connectivity index (χ3n) is 5.33. The number of Topliss-reactive ketones (excluding diaryl/α,β-unsaturated/α-hetero) is 1. The van der Waals surface area contributed by atoms with Gasteiger partial charge in [0.15, 0.2) is 5.78 Å². The number of fused-ring (bicyclic) bond motifs is 1. The first-order valence-electron chi connectivity index (χ1n) is 6.81. The van der Waals surface area contributed by atoms with Crippen LogP contribution in [-0.4, -0.2) is 17.5 Å². The Morgan fingerprint density at radius 1 is 1.47 bits per heavy atom. The molecule has 0 aromatic heterocycles. The van der Waals surface area contributed by atoms with Gasteiger partial charge in [-0.2, -0.15) is 0 Å². The zero-order chi connectivity index (χ0) is 12.6. The van der Waals surface area contributed by atoms with Crippen LogP contribution in [0.1, 0.15) is 52.9 Å². The molecule has 2 aliphatic carbocycles. The average Bonchev–Trinajstić information content (AvgIpc) is 2.31. The van der Waals surface area contributed by atoms with Crippen molar-refractivity contribution < 1.29 is 9.90 Å². The smallest absolute Gasteiger partial charge is 0.159 e. The summed E-state index contributed by atoms with van der Waals surface area (Å²) in [6, 6.07) is 0. The number of hydrogen-bond acceptors (Lipinski definition) is 2. The predicted octanol–water partition coefficient (Wildman–Crippen LogP) is 3.10. The summed E-state index contributed by atoms with van der Waals surface area (Å²) in [4.78, 5) is 12.1. The highest BCUT2D eigenvalue weighted by atomic mass is 16.3. The lowest BCUT2D eigenvalue weighted by Crippen LogP contribution is -2.43. The van der Waals surface area contributed by atoms with E-state index in [9.17, 15) is 9.90 Å². The molecule has 0 heterocycles. The molecule has 2 heteroatoms. The van der Waals surface area contributed by atoms with E-state index >= 15 is 0 Å². The summed E-state index contributed by atoms with van der Waals surface area (Å²) in [5.41, 5.74) is 2.07. The Kier molecular flexibility index (Phi) is 3.44. The van der Waals surface area contributed by atoms with Gasteiger partial charge in [-0.1, -0.05) is 26.7 Å². The minimum Gasteiger partial charge on any atom is -0.392 e. The molecule has 2 aliphatic rings. The van der Waals surface area contributed by atoms with Gasteiger partial charge in [0.1, 0.15) is 0 Å². The van der Waals surface area contributed by atoms with Crippen molar-refractivity contribution >= 4 is 5.78 Å². The van der Waals surface area contributed by atoms with Crippen LogP contribution >= 0.6 is 0 Å². The molecule has 0 saturated heterocycles. The molecule has 96 valence electrons. The van der Waals surface area contributed by atoms with E-state index in [4.69, 9.17) is 0 Å². The Balaban J connectivity index is 2.32. The molecular weight excluding hydrogens is 212 g/mol. The zero-order valence-electron chi connectivity index (χ0n) is 11.3. The maximum Gasteiger partial charge on any atom is 0.159 e. The van der Waals surface area contributed by atoms with Gasteiger partial charge in [-0.3, -0.25) is 4.79 Å². The third-order valence-corrected chi connectivity index (χ3v) is 5.33. The Labute approximate surface area is 104 Å². The summed E-state index contributed by atoms with van der Waals surface area (Å²) in [5.74, 6) is 1.54. The normalized spacial score (nSPS) is 41.1. The topological polar surface area (TPSA) is 37.3 Å². The number of aliphatic hydroxyl groups is 1. The number of carbonyl (C=O) groups is 1. The van der Waals surface area contributed by atoms with Crippen molar-refractivity contribution in [2.24, 2.45) is 17.3 Å². The molecule has 17 heavy (non-hydrogen) atoms. The quantitative estimate of drug-likeness (QED) is 0.710. The van der Waals surface area contributed by atoms with Crippen LogP contribution in [0.25, 0.3) is 0 Å². The SMILES string of the molecule is CC(CO)=C1CC2(C)C(C)CCCC2CC1=O. The first-order chi connectivity index (χ1) is 7.99. The molecule has 0 aromatic rings. The highest BCUT2D eigenvalue weighted by molar-refractivity contribution is 5.97. The maximum absolute atomic E-state index is 12.1. The zero-order valence-corrected chi connectivity index (χ0v) is 11.3. The molecule has 2 saturated carbocycles. The lowest BCUT2D eigenvalue weighted by Gasteiger charge is -2.50. The van der Waals surface area contributed by atoms with Crippen molar-refractivity contribution in [3.8, 4) is 0 Å². The summed E-state index contributed by atoms with van der Waals surface area (Å²) in [6.07, 6.45) is 5.34. The van der Waals surface area contributed by atoms with E-state index in [-0.39, 0.29) is 17.8 Å². The second kappa shape index (κ2) is 4.56. The van der Waals surface area contributed by atoms with Crippen molar-refractivity contribution in [1.82, 2.24) is 0 Å². The molecule has 0 aromatic carbocycles. The molecular formula is C15H24O2. The number of carbonyl (C=O) groups excluding carboxylic acids is 1. The second-order valence-electron chi connectivity index (χ2n) is 6.26. The second-order valence-corrected chi connectivity index (χ2v) is 6.26. The van der Waals surface area contributed by atoms with Crippen LogP contribution in [0.3, 0.4) is 0 Å². The molecule has 2 nitrogen and oxygen atoms in total. The van der Waals surface area contributed by atoms with E-state index in [2.05, 4.69) is 13.8 Å². The van der Waals surface area contributed by atoms with Crippen molar-refractivity contribution in [2.75, 3.05) is 6.61 Å². The van der Waals surface area contributed by atoms with Crippen LogP contribution in [0.15, 0.2) is 11.1 Å². The van der Waals surface area contributed by atoms with E-state index in [1.165, 1.54) is 19.3 Å². The molecule has 3 unspecified atom stereocenters. The number of allylic oxidation sites excluding steroid dienone is 1. The summed E-state index contributed by atoms with van der Waals surface area (Å²) >= 11 is 0. The van der Waals surface area contributed by atoms with E-state index in [0.29, 0.717) is 18.3 Å². The van der Waals surface area contributed by atoms with Crippen LogP contribution in [0.4, 0.5) is 0 Å². The van der Waals surface area contributed by atoms with E-state index < -0.39 is 0 Å². The van der Waals surface area contributed by atoms with Crippen LogP contribution in [-0.2, 0) is 4.79 Å². The van der Waals surface area contributed by atoms with Gasteiger partial charge in [0.25, 0.3) is 0 Å². The highest BCUT2D eigenvalue weighted by Crippen LogP contribution is 2.53. The van der Waals surface area contributed by atoms with Gasteiger partial charge in [0.05, 0.1) is 6.61 Å². The standard InChI is InChI=1S/C15H24O2/c1-10(9-16)13-8-15(3)11(2)5-4-6-12(15)7-14(13)17/h11-12,16H,4-9H2,1-3H3. The van der Waals surface area contributed by atoms with E-state index in [1.54, 1.807) is 0 Å². The average molecular weight is 236 g/mol. The van der Waals surface area contributed by atoms with Gasteiger partial charge in [-0.25, -0.2) is 0 Å². The van der Waals surface area contributed by atoms with Crippen LogP contribution in [0, 0.1) is 17.3 Å². The van der Waals surface area contributed by atoms with Gasteiger partial charge < -0.3 is 5.11 Å². The van der Waals surface area contributed by atoms with Crippen LogP contribution in [0.2, 0.25) is 0 Å². The molecule has 0 bridgehead atoms. The Morgan fingerprint density at radius 3 is 2.82 bits per heavy atom. The fourth-order valence-electron chi connectivity index (χ4n) is 3.70. The monoisotopic (exact) mass is 236 g/mol. The van der Waals surface area contributed by atoms with Gasteiger partial charge >= 0.3 is 0 Å². The van der Waals surface area contributed by atoms with Gasteiger partial charge in [-0.05, 0) is 48.2 Å². The molecule has 0 amide bonds. The number of rotatable bonds is 1. The molecule has 0 aliphatic heterocycles. The summed E-state index contributed by atoms with van der Waals surface area (Å²) in [7, 11) is 0. The first kappa shape index (κ1) is 12.8. The predicted molar refractivity (Wildman–Crippen MR) is 68.6 cm³/mol. The fourth-order valence-corrected chi connectivity index (χ4v) is 3.70. The number of ketones is 1. The van der Waals surface area contributed by atoms with Crippen molar-refractivity contribution in [1.29, 1.82) is 0 Å². The van der Waals surface area contributed by atoms with E-state index in [0.717, 1.165) is 17.6 Å². The Hall–Kier alpha value is -0.630. The van der Waals surface area contributed by atoms with Crippen LogP contribution in [0.5, 0.6) is 0 Å². The third kappa shape index (κ3) is 2.08. The summed E-state index contributed by atoms with van der Waals surface area (Å²) in [5, 5.41) is 9.24. The Morgan fingerprint density at radius 2 is 2.18 bits per heavy atom. The lowest BCUT2D eigenvalue weighted by atomic mass is 9.54. The molecule has 0 radical (unpaired) electrons. The van der Waals surface area contributed by atoms with Gasteiger partial charge in [0.2, 0.25) is 0 Å². The highest BCUT2D eigenvalue weighted by Gasteiger charge is 2.46. The number of hydrogen-bond donors (Lipinski definition) is 1. The minimum atomic E-state index is 0.0240. The first-order valence-corrected chi connectivity index (χ1v) is 6.81. The molecule has 3 atom stereocenters. The van der Waals surface area contributed by atoms with Crippen molar-refractivity contribution in [2.45, 2.75) is 52.9 Å². The summed E-state index contributed by atoms with van der Waals surface area (Å²) < 4.78 is 0. The van der Waals surface area contributed by atoms with Crippen molar-refractivity contribution in [3.63, 3.8) is 0 Å². The fraction of sp³-hybridized carbons (Fsp3) is 0.800. The summed E-state index contributed by atoms with van der Waals surface area (Å²) in [6.45, 7) is 6.59. The van der Waals surface area contributed by atoms with Gasteiger partial charge in [0, 0.05) is 6.42 Å². The lowest BCUT2D eigenvalue weighted by molar-refractivity contribution is -0.122. The molecule has 1 N–H and O–H groups in total. The van der Waals surface area contributed by atoms with Crippen molar-refractivity contribution in [3.05, 3.63) is 11.1 Å². The van der Waals surface area contributed by atoms with E-state index in [1.807, 2.05) is 6.92 Å². The minimum absolute atomic E-state index is 0.0240. The van der Waals surface area contributed by atoms with Gasteiger partial charge in [-0.15, -0.1) is 0 Å². The largest absolute Gasteiger partial charge is 0.392 e. The van der Waals surface area contributed by atoms with Crippen LogP contribution < -0.4 is 0 Å². The molecule has 0 spiro atoms. The Bertz CT molecular complexity index is 356.